The van der Waals surface area contributed by atoms with Gasteiger partial charge in [-0.05, 0) is 18.6 Å². The average Bonchev–Trinajstić information content (AvgIpc) is 2.45. The van der Waals surface area contributed by atoms with E-state index in [9.17, 15) is 19.8 Å². The Labute approximate surface area is 122 Å². The number of benzene rings is 1. The van der Waals surface area contributed by atoms with E-state index in [1.807, 2.05) is 0 Å². The van der Waals surface area contributed by atoms with Crippen LogP contribution in [0, 0.1) is 0 Å². The second kappa shape index (κ2) is 7.56. The van der Waals surface area contributed by atoms with Crippen LogP contribution in [0.1, 0.15) is 39.1 Å². The van der Waals surface area contributed by atoms with Crippen LogP contribution in [0.5, 0.6) is 0 Å². The molecule has 114 valence electrons. The summed E-state index contributed by atoms with van der Waals surface area (Å²) in [6, 6.07) is 4.16. The molecule has 0 amide bonds. The van der Waals surface area contributed by atoms with Crippen LogP contribution in [-0.2, 0) is 4.74 Å². The van der Waals surface area contributed by atoms with Gasteiger partial charge in [0.05, 0.1) is 30.4 Å². The van der Waals surface area contributed by atoms with E-state index >= 15 is 0 Å². The highest BCUT2D eigenvalue weighted by Gasteiger charge is 2.28. The third-order valence-electron chi connectivity index (χ3n) is 3.18. The third-order valence-corrected chi connectivity index (χ3v) is 3.18. The van der Waals surface area contributed by atoms with Gasteiger partial charge < -0.3 is 20.1 Å². The molecule has 0 aromatic heterocycles. The molecule has 0 fully saturated rings. The quantitative estimate of drug-likeness (QED) is 0.631. The first kappa shape index (κ1) is 16.9. The molecule has 3 N–H and O–H groups in total. The van der Waals surface area contributed by atoms with Gasteiger partial charge in [-0.25, -0.2) is 9.59 Å². The Morgan fingerprint density at radius 2 is 2.00 bits per heavy atom. The van der Waals surface area contributed by atoms with E-state index in [0.717, 1.165) is 0 Å². The molecule has 2 unspecified atom stereocenters. The van der Waals surface area contributed by atoms with Crippen LogP contribution < -0.4 is 0 Å². The molecule has 0 aliphatic carbocycles. The van der Waals surface area contributed by atoms with Gasteiger partial charge in [-0.15, -0.1) is 6.58 Å². The highest BCUT2D eigenvalue weighted by Crippen LogP contribution is 2.27. The lowest BCUT2D eigenvalue weighted by Crippen LogP contribution is -2.25. The smallest absolute Gasteiger partial charge is 0.336 e. The molecule has 6 heteroatoms. The van der Waals surface area contributed by atoms with Gasteiger partial charge in [0.25, 0.3) is 0 Å². The third kappa shape index (κ3) is 3.90. The summed E-state index contributed by atoms with van der Waals surface area (Å²) < 4.78 is 5.42. The number of aliphatic hydroxyl groups is 1. The van der Waals surface area contributed by atoms with Gasteiger partial charge in [0.1, 0.15) is 0 Å². The van der Waals surface area contributed by atoms with E-state index in [2.05, 4.69) is 6.58 Å². The van der Waals surface area contributed by atoms with Gasteiger partial charge >= 0.3 is 11.9 Å². The number of carboxylic acid groups (broad SMARTS) is 2. The Hall–Kier alpha value is -2.18. The Kier molecular flexibility index (Phi) is 6.08. The van der Waals surface area contributed by atoms with Gasteiger partial charge in [-0.2, -0.15) is 0 Å². The lowest BCUT2D eigenvalue weighted by atomic mass is 9.88. The van der Waals surface area contributed by atoms with E-state index in [4.69, 9.17) is 9.84 Å². The maximum atomic E-state index is 11.4. The van der Waals surface area contributed by atoms with Crippen LogP contribution in [0.2, 0.25) is 0 Å². The molecule has 1 rings (SSSR count). The average molecular weight is 294 g/mol. The number of aromatic carboxylic acids is 2. The zero-order chi connectivity index (χ0) is 16.0. The van der Waals surface area contributed by atoms with E-state index < -0.39 is 24.0 Å². The summed E-state index contributed by atoms with van der Waals surface area (Å²) in [4.78, 5) is 22.6. The summed E-state index contributed by atoms with van der Waals surface area (Å²) in [5.41, 5.74) is -0.395. The molecule has 2 atom stereocenters. The summed E-state index contributed by atoms with van der Waals surface area (Å²) in [5.74, 6) is -3.32. The number of aliphatic hydroxyl groups excluding tert-OH is 1. The molecule has 0 aliphatic rings. The van der Waals surface area contributed by atoms with Crippen molar-refractivity contribution >= 4 is 11.9 Å². The molecule has 6 nitrogen and oxygen atoms in total. The minimum atomic E-state index is -1.35. The molecular formula is C15H18O6. The predicted molar refractivity (Wildman–Crippen MR) is 75.8 cm³/mol. The van der Waals surface area contributed by atoms with Crippen molar-refractivity contribution in [3.8, 4) is 0 Å². The van der Waals surface area contributed by atoms with Gasteiger partial charge in [0.15, 0.2) is 0 Å². The topological polar surface area (TPSA) is 104 Å². The summed E-state index contributed by atoms with van der Waals surface area (Å²) in [5, 5.41) is 27.9. The summed E-state index contributed by atoms with van der Waals surface area (Å²) in [6.07, 6.45) is 1.05. The van der Waals surface area contributed by atoms with E-state index in [1.165, 1.54) is 24.3 Å². The SMILES string of the molecule is C=CCOC(C)C(CO)c1cccc(C(=O)O)c1C(=O)O. The van der Waals surface area contributed by atoms with Crippen molar-refractivity contribution in [3.05, 3.63) is 47.5 Å². The molecule has 0 bridgehead atoms. The van der Waals surface area contributed by atoms with Crippen molar-refractivity contribution in [2.75, 3.05) is 13.2 Å². The monoisotopic (exact) mass is 294 g/mol. The molecule has 0 aliphatic heterocycles. The molecule has 21 heavy (non-hydrogen) atoms. The number of rotatable bonds is 8. The van der Waals surface area contributed by atoms with E-state index in [0.29, 0.717) is 0 Å². The second-order valence-electron chi connectivity index (χ2n) is 4.50. The van der Waals surface area contributed by atoms with Crippen molar-refractivity contribution in [1.82, 2.24) is 0 Å². The van der Waals surface area contributed by atoms with Crippen LogP contribution in [0.3, 0.4) is 0 Å². The maximum Gasteiger partial charge on any atom is 0.336 e. The van der Waals surface area contributed by atoms with Crippen LogP contribution >= 0.6 is 0 Å². The number of hydrogen-bond donors (Lipinski definition) is 3. The first-order chi connectivity index (χ1) is 9.93. The van der Waals surface area contributed by atoms with Crippen LogP contribution in [0.15, 0.2) is 30.9 Å². The Bertz CT molecular complexity index is 537. The van der Waals surface area contributed by atoms with Gasteiger partial charge in [-0.1, -0.05) is 18.2 Å². The Morgan fingerprint density at radius 3 is 2.48 bits per heavy atom. The summed E-state index contributed by atoms with van der Waals surface area (Å²) in [6.45, 7) is 5.09. The molecule has 0 heterocycles. The van der Waals surface area contributed by atoms with Crippen molar-refractivity contribution < 1.29 is 29.6 Å². The minimum Gasteiger partial charge on any atom is -0.478 e. The first-order valence-corrected chi connectivity index (χ1v) is 6.36. The summed E-state index contributed by atoms with van der Waals surface area (Å²) in [7, 11) is 0. The predicted octanol–water partition coefficient (Wildman–Crippen LogP) is 1.75. The molecule has 1 aromatic rings. The number of carbonyl (C=O) groups is 2. The van der Waals surface area contributed by atoms with Crippen LogP contribution in [-0.4, -0.2) is 46.6 Å². The lowest BCUT2D eigenvalue weighted by molar-refractivity contribution is 0.0473. The van der Waals surface area contributed by atoms with Gasteiger partial charge in [-0.3, -0.25) is 0 Å². The molecule has 0 radical (unpaired) electrons. The van der Waals surface area contributed by atoms with Crippen molar-refractivity contribution in [3.63, 3.8) is 0 Å². The van der Waals surface area contributed by atoms with Crippen LogP contribution in [0.25, 0.3) is 0 Å². The fraction of sp³-hybridized carbons (Fsp3) is 0.333. The number of carboxylic acids is 2. The van der Waals surface area contributed by atoms with E-state index in [-0.39, 0.29) is 29.9 Å². The molecular weight excluding hydrogens is 276 g/mol. The Balaban J connectivity index is 3.32. The molecule has 0 saturated heterocycles. The minimum absolute atomic E-state index is 0.237. The maximum absolute atomic E-state index is 11.4. The largest absolute Gasteiger partial charge is 0.478 e. The highest BCUT2D eigenvalue weighted by molar-refractivity contribution is 6.02. The molecule has 0 spiro atoms. The normalized spacial score (nSPS) is 13.4. The Morgan fingerprint density at radius 1 is 1.33 bits per heavy atom. The standard InChI is InChI=1S/C15H18O6/c1-3-7-21-9(2)12(8-16)10-5-4-6-11(14(17)18)13(10)15(19)20/h3-6,9,12,16H,1,7-8H2,2H3,(H,17,18)(H,19,20). The number of hydrogen-bond acceptors (Lipinski definition) is 4. The van der Waals surface area contributed by atoms with Crippen molar-refractivity contribution in [1.29, 1.82) is 0 Å². The fourth-order valence-corrected chi connectivity index (χ4v) is 2.13. The molecule has 0 saturated carbocycles. The van der Waals surface area contributed by atoms with Crippen LogP contribution in [0.4, 0.5) is 0 Å². The van der Waals surface area contributed by atoms with E-state index in [1.54, 1.807) is 6.92 Å². The number of ether oxygens (including phenoxy) is 1. The van der Waals surface area contributed by atoms with Gasteiger partial charge in [0.2, 0.25) is 0 Å². The van der Waals surface area contributed by atoms with Gasteiger partial charge in [0, 0.05) is 5.92 Å². The first-order valence-electron chi connectivity index (χ1n) is 6.36. The fourth-order valence-electron chi connectivity index (χ4n) is 2.13. The van der Waals surface area contributed by atoms with Crippen molar-refractivity contribution in [2.24, 2.45) is 0 Å². The van der Waals surface area contributed by atoms with Crippen molar-refractivity contribution in [2.45, 2.75) is 18.9 Å². The zero-order valence-corrected chi connectivity index (χ0v) is 11.7. The zero-order valence-electron chi connectivity index (χ0n) is 11.7. The summed E-state index contributed by atoms with van der Waals surface area (Å²) >= 11 is 0. The molecule has 1 aromatic carbocycles. The highest BCUT2D eigenvalue weighted by atomic mass is 16.5. The lowest BCUT2D eigenvalue weighted by Gasteiger charge is -2.24. The second-order valence-corrected chi connectivity index (χ2v) is 4.50.